The Morgan fingerprint density at radius 2 is 1.84 bits per heavy atom. The molecule has 2 heterocycles. The maximum Gasteiger partial charge on any atom is 0.405 e. The summed E-state index contributed by atoms with van der Waals surface area (Å²) in [6.07, 6.45) is -3.72. The van der Waals surface area contributed by atoms with Crippen LogP contribution in [0, 0.1) is 18.7 Å². The summed E-state index contributed by atoms with van der Waals surface area (Å²) in [5.41, 5.74) is 0.719. The van der Waals surface area contributed by atoms with E-state index in [4.69, 9.17) is 0 Å². The van der Waals surface area contributed by atoms with Crippen molar-refractivity contribution in [2.75, 3.05) is 19.6 Å². The van der Waals surface area contributed by atoms with Gasteiger partial charge in [-0.05, 0) is 47.9 Å². The predicted molar refractivity (Wildman–Crippen MR) is 100 cm³/mol. The molecule has 2 aromatic rings. The van der Waals surface area contributed by atoms with E-state index in [1.54, 1.807) is 24.0 Å². The molecule has 0 bridgehead atoms. The van der Waals surface area contributed by atoms with E-state index < -0.39 is 36.4 Å². The summed E-state index contributed by atoms with van der Waals surface area (Å²) in [7, 11) is 0. The Bertz CT molecular complexity index is 907. The van der Waals surface area contributed by atoms with E-state index in [2.05, 4.69) is 15.5 Å². The summed E-state index contributed by atoms with van der Waals surface area (Å²) in [6.45, 7) is 0.736. The van der Waals surface area contributed by atoms with Crippen LogP contribution in [0.1, 0.15) is 30.3 Å². The van der Waals surface area contributed by atoms with E-state index >= 15 is 0 Å². The van der Waals surface area contributed by atoms with E-state index in [1.165, 1.54) is 16.8 Å². The fourth-order valence-corrected chi connectivity index (χ4v) is 3.55. The molecule has 12 heteroatoms. The number of piperidine rings is 1. The number of nitrogens with one attached hydrogen (secondary N) is 1. The monoisotopic (exact) mass is 442 g/mol. The molecule has 1 aliphatic rings. The van der Waals surface area contributed by atoms with Gasteiger partial charge in [-0.15, -0.1) is 5.10 Å². The highest BCUT2D eigenvalue weighted by molar-refractivity contribution is 5.82. The highest BCUT2D eigenvalue weighted by Gasteiger charge is 2.34. The first kappa shape index (κ1) is 22.6. The SMILES string of the molecule is Cc1nnnn1C(Cc1ccc(F)cc1)C(=O)N1CCC(C(=O)NCC(F)(F)F)CC1. The van der Waals surface area contributed by atoms with Gasteiger partial charge in [0.1, 0.15) is 24.2 Å². The maximum absolute atomic E-state index is 13.2. The summed E-state index contributed by atoms with van der Waals surface area (Å²) in [6, 6.07) is 4.98. The summed E-state index contributed by atoms with van der Waals surface area (Å²) < 4.78 is 51.5. The van der Waals surface area contributed by atoms with Gasteiger partial charge in [0.25, 0.3) is 0 Å². The van der Waals surface area contributed by atoms with Crippen molar-refractivity contribution >= 4 is 11.8 Å². The number of likely N-dealkylation sites (tertiary alicyclic amines) is 1. The summed E-state index contributed by atoms with van der Waals surface area (Å²) >= 11 is 0. The molecule has 1 saturated heterocycles. The summed E-state index contributed by atoms with van der Waals surface area (Å²) in [5, 5.41) is 13.2. The highest BCUT2D eigenvalue weighted by atomic mass is 19.4. The molecule has 1 aliphatic heterocycles. The van der Waals surface area contributed by atoms with Gasteiger partial charge in [-0.25, -0.2) is 9.07 Å². The van der Waals surface area contributed by atoms with Gasteiger partial charge in [0.05, 0.1) is 0 Å². The molecule has 0 spiro atoms. The van der Waals surface area contributed by atoms with Crippen molar-refractivity contribution in [3.05, 3.63) is 41.5 Å². The Hall–Kier alpha value is -3.05. The number of aromatic nitrogens is 4. The van der Waals surface area contributed by atoms with E-state index in [1.807, 2.05) is 5.32 Å². The number of nitrogens with zero attached hydrogens (tertiary/aromatic N) is 5. The molecule has 1 aromatic carbocycles. The number of hydrogen-bond acceptors (Lipinski definition) is 5. The Morgan fingerprint density at radius 1 is 1.19 bits per heavy atom. The summed E-state index contributed by atoms with van der Waals surface area (Å²) in [5.74, 6) is -1.48. The lowest BCUT2D eigenvalue weighted by Gasteiger charge is -2.33. The minimum atomic E-state index is -4.47. The van der Waals surface area contributed by atoms with Crippen LogP contribution in [0.2, 0.25) is 0 Å². The van der Waals surface area contributed by atoms with Crippen molar-refractivity contribution in [1.29, 1.82) is 0 Å². The van der Waals surface area contributed by atoms with Gasteiger partial charge in [0.15, 0.2) is 0 Å². The van der Waals surface area contributed by atoms with Crippen LogP contribution in [0.5, 0.6) is 0 Å². The minimum Gasteiger partial charge on any atom is -0.347 e. The van der Waals surface area contributed by atoms with Crippen LogP contribution >= 0.6 is 0 Å². The van der Waals surface area contributed by atoms with Crippen LogP contribution in [-0.2, 0) is 16.0 Å². The molecule has 8 nitrogen and oxygen atoms in total. The number of amides is 2. The number of hydrogen-bond donors (Lipinski definition) is 1. The average Bonchev–Trinajstić information content (AvgIpc) is 3.16. The molecule has 0 aliphatic carbocycles. The average molecular weight is 442 g/mol. The number of aryl methyl sites for hydroxylation is 1. The van der Waals surface area contributed by atoms with Crippen LogP contribution < -0.4 is 5.32 Å². The number of tetrazole rings is 1. The van der Waals surface area contributed by atoms with Crippen molar-refractivity contribution in [2.45, 2.75) is 38.4 Å². The van der Waals surface area contributed by atoms with Gasteiger partial charge >= 0.3 is 6.18 Å². The van der Waals surface area contributed by atoms with E-state index in [-0.39, 0.29) is 38.3 Å². The van der Waals surface area contributed by atoms with Crippen molar-refractivity contribution in [3.63, 3.8) is 0 Å². The largest absolute Gasteiger partial charge is 0.405 e. The third-order valence-corrected chi connectivity index (χ3v) is 5.22. The molecule has 1 fully saturated rings. The predicted octanol–water partition coefficient (Wildman–Crippen LogP) is 1.82. The first-order valence-corrected chi connectivity index (χ1v) is 9.76. The number of carbonyl (C=O) groups is 2. The van der Waals surface area contributed by atoms with Crippen LogP contribution in [0.25, 0.3) is 0 Å². The smallest absolute Gasteiger partial charge is 0.347 e. The van der Waals surface area contributed by atoms with Gasteiger partial charge in [-0.3, -0.25) is 9.59 Å². The molecule has 0 saturated carbocycles. The van der Waals surface area contributed by atoms with Crippen LogP contribution in [0.4, 0.5) is 17.6 Å². The quantitative estimate of drug-likeness (QED) is 0.689. The Balaban J connectivity index is 1.66. The lowest BCUT2D eigenvalue weighted by atomic mass is 9.95. The minimum absolute atomic E-state index is 0.226. The molecule has 1 N–H and O–H groups in total. The Morgan fingerprint density at radius 3 is 2.39 bits per heavy atom. The zero-order chi connectivity index (χ0) is 22.6. The van der Waals surface area contributed by atoms with Crippen molar-refractivity contribution in [3.8, 4) is 0 Å². The molecule has 0 radical (unpaired) electrons. The standard InChI is InChI=1S/C19H22F4N6O2/c1-12-25-26-27-29(12)16(10-13-2-4-15(20)5-3-13)18(31)28-8-6-14(7-9-28)17(30)24-11-19(21,22)23/h2-5,14,16H,6-11H2,1H3,(H,24,30). The van der Waals surface area contributed by atoms with Crippen molar-refractivity contribution in [1.82, 2.24) is 30.4 Å². The van der Waals surface area contributed by atoms with E-state index in [9.17, 15) is 27.2 Å². The lowest BCUT2D eigenvalue weighted by molar-refractivity contribution is -0.143. The highest BCUT2D eigenvalue weighted by Crippen LogP contribution is 2.24. The lowest BCUT2D eigenvalue weighted by Crippen LogP contribution is -2.47. The molecule has 2 amide bonds. The second kappa shape index (κ2) is 9.40. The maximum atomic E-state index is 13.2. The van der Waals surface area contributed by atoms with E-state index in [0.717, 1.165) is 5.56 Å². The number of alkyl halides is 3. The van der Waals surface area contributed by atoms with Gasteiger partial charge in [0, 0.05) is 25.4 Å². The Labute approximate surface area is 175 Å². The zero-order valence-electron chi connectivity index (χ0n) is 16.8. The van der Waals surface area contributed by atoms with E-state index in [0.29, 0.717) is 5.82 Å². The van der Waals surface area contributed by atoms with Crippen molar-refractivity contribution in [2.24, 2.45) is 5.92 Å². The van der Waals surface area contributed by atoms with Crippen LogP contribution in [-0.4, -0.2) is 62.7 Å². The first-order chi connectivity index (χ1) is 14.6. The second-order valence-electron chi connectivity index (χ2n) is 7.45. The number of rotatable bonds is 6. The molecular weight excluding hydrogens is 420 g/mol. The Kier molecular flexibility index (Phi) is 6.86. The molecular formula is C19H22F4N6O2. The molecule has 31 heavy (non-hydrogen) atoms. The van der Waals surface area contributed by atoms with Crippen LogP contribution in [0.3, 0.4) is 0 Å². The topological polar surface area (TPSA) is 93.0 Å². The van der Waals surface area contributed by atoms with Gasteiger partial charge in [-0.1, -0.05) is 12.1 Å². The fourth-order valence-electron chi connectivity index (χ4n) is 3.55. The zero-order valence-corrected chi connectivity index (χ0v) is 16.8. The number of carbonyl (C=O) groups excluding carboxylic acids is 2. The third kappa shape index (κ3) is 5.98. The van der Waals surface area contributed by atoms with Gasteiger partial charge < -0.3 is 10.2 Å². The molecule has 1 unspecified atom stereocenters. The molecule has 3 rings (SSSR count). The van der Waals surface area contributed by atoms with Crippen LogP contribution in [0.15, 0.2) is 24.3 Å². The first-order valence-electron chi connectivity index (χ1n) is 9.76. The number of benzene rings is 1. The fraction of sp³-hybridized carbons (Fsp3) is 0.526. The third-order valence-electron chi connectivity index (χ3n) is 5.22. The summed E-state index contributed by atoms with van der Waals surface area (Å²) in [4.78, 5) is 26.8. The van der Waals surface area contributed by atoms with Gasteiger partial charge in [-0.2, -0.15) is 13.2 Å². The molecule has 1 atom stereocenters. The van der Waals surface area contributed by atoms with Crippen molar-refractivity contribution < 1.29 is 27.2 Å². The molecule has 168 valence electrons. The van der Waals surface area contributed by atoms with Gasteiger partial charge in [0.2, 0.25) is 11.8 Å². The number of halogens is 4. The second-order valence-corrected chi connectivity index (χ2v) is 7.45. The molecule has 1 aromatic heterocycles. The normalized spacial score (nSPS) is 16.2.